The Balaban J connectivity index is 2.38. The highest BCUT2D eigenvalue weighted by Crippen LogP contribution is 2.47. The highest BCUT2D eigenvalue weighted by Gasteiger charge is 2.56. The normalized spacial score (nSPS) is 27.8. The predicted octanol–water partition coefficient (Wildman–Crippen LogP) is 2.83. The van der Waals surface area contributed by atoms with Gasteiger partial charge < -0.3 is 9.84 Å². The van der Waals surface area contributed by atoms with Crippen LogP contribution < -0.4 is 0 Å². The van der Waals surface area contributed by atoms with Crippen LogP contribution in [0.5, 0.6) is 0 Å². The Kier molecular flexibility index (Phi) is 4.39. The summed E-state index contributed by atoms with van der Waals surface area (Å²) in [6.45, 7) is 5.76. The van der Waals surface area contributed by atoms with E-state index >= 15 is 0 Å². The Labute approximate surface area is 126 Å². The third kappa shape index (κ3) is 2.96. The van der Waals surface area contributed by atoms with Gasteiger partial charge in [0.25, 0.3) is 0 Å². The molecule has 1 aromatic carbocycles. The summed E-state index contributed by atoms with van der Waals surface area (Å²) in [5, 5.41) is 10.6. The largest absolute Gasteiger partial charge is 0.465 e. The van der Waals surface area contributed by atoms with Gasteiger partial charge in [-0.05, 0) is 52.2 Å². The SMILES string of the molecule is CCOC(=O)[C@]1(C#Cc2ccc(C)cc2)CCC[C@@]1(C)O. The van der Waals surface area contributed by atoms with E-state index in [-0.39, 0.29) is 0 Å². The lowest BCUT2D eigenvalue weighted by atomic mass is 9.75. The van der Waals surface area contributed by atoms with Gasteiger partial charge in [-0.15, -0.1) is 0 Å². The summed E-state index contributed by atoms with van der Waals surface area (Å²) in [6, 6.07) is 7.80. The van der Waals surface area contributed by atoms with Crippen molar-refractivity contribution >= 4 is 5.97 Å². The first-order valence-corrected chi connectivity index (χ1v) is 7.41. The van der Waals surface area contributed by atoms with Crippen LogP contribution in [0.1, 0.15) is 44.2 Å². The molecule has 112 valence electrons. The molecule has 0 heterocycles. The maximum atomic E-state index is 12.4. The van der Waals surface area contributed by atoms with Gasteiger partial charge in [-0.1, -0.05) is 29.5 Å². The summed E-state index contributed by atoms with van der Waals surface area (Å²) >= 11 is 0. The summed E-state index contributed by atoms with van der Waals surface area (Å²) < 4.78 is 5.17. The van der Waals surface area contributed by atoms with Crippen molar-refractivity contribution in [1.29, 1.82) is 0 Å². The minimum Gasteiger partial charge on any atom is -0.465 e. The van der Waals surface area contributed by atoms with Crippen LogP contribution >= 0.6 is 0 Å². The summed E-state index contributed by atoms with van der Waals surface area (Å²) in [5.74, 6) is 5.66. The zero-order chi connectivity index (χ0) is 15.5. The van der Waals surface area contributed by atoms with E-state index in [1.165, 1.54) is 0 Å². The topological polar surface area (TPSA) is 46.5 Å². The molecule has 0 bridgehead atoms. The van der Waals surface area contributed by atoms with Crippen LogP contribution in [0.15, 0.2) is 24.3 Å². The lowest BCUT2D eigenvalue weighted by molar-refractivity contribution is -0.162. The molecule has 2 atom stereocenters. The molecule has 1 fully saturated rings. The number of carbonyl (C=O) groups is 1. The number of esters is 1. The maximum absolute atomic E-state index is 12.4. The van der Waals surface area contributed by atoms with Gasteiger partial charge in [-0.2, -0.15) is 0 Å². The molecular weight excluding hydrogens is 264 g/mol. The standard InChI is InChI=1S/C18H22O3/c1-4-21-16(19)18(12-5-11-17(18,3)20)13-10-15-8-6-14(2)7-9-15/h6-9,20H,4-5,11-12H2,1-3H3/t17-,18-/m1/s1. The molecule has 3 heteroatoms. The molecule has 0 aromatic heterocycles. The first-order valence-electron chi connectivity index (χ1n) is 7.41. The number of aryl methyl sites for hydroxylation is 1. The maximum Gasteiger partial charge on any atom is 0.327 e. The molecule has 0 radical (unpaired) electrons. The molecule has 1 N–H and O–H groups in total. The number of hydrogen-bond donors (Lipinski definition) is 1. The Bertz CT molecular complexity index is 575. The fourth-order valence-electron chi connectivity index (χ4n) is 2.82. The molecule has 3 nitrogen and oxygen atoms in total. The van der Waals surface area contributed by atoms with Gasteiger partial charge in [0.15, 0.2) is 5.41 Å². The van der Waals surface area contributed by atoms with Gasteiger partial charge in [0.1, 0.15) is 0 Å². The van der Waals surface area contributed by atoms with E-state index in [9.17, 15) is 9.90 Å². The first kappa shape index (κ1) is 15.6. The second-order valence-electron chi connectivity index (χ2n) is 5.87. The number of aliphatic hydroxyl groups is 1. The van der Waals surface area contributed by atoms with Crippen LogP contribution in [0, 0.1) is 24.2 Å². The molecule has 0 spiro atoms. The third-order valence-electron chi connectivity index (χ3n) is 4.23. The van der Waals surface area contributed by atoms with Crippen molar-refractivity contribution in [2.24, 2.45) is 5.41 Å². The monoisotopic (exact) mass is 286 g/mol. The molecule has 1 aliphatic rings. The molecule has 0 amide bonds. The van der Waals surface area contributed by atoms with Gasteiger partial charge in [-0.25, -0.2) is 0 Å². The minimum absolute atomic E-state index is 0.295. The van der Waals surface area contributed by atoms with E-state index in [2.05, 4.69) is 11.8 Å². The van der Waals surface area contributed by atoms with Crippen molar-refractivity contribution in [2.45, 2.75) is 45.6 Å². The second-order valence-corrected chi connectivity index (χ2v) is 5.87. The summed E-state index contributed by atoms with van der Waals surface area (Å²) in [5.41, 5.74) is -0.259. The van der Waals surface area contributed by atoms with Gasteiger partial charge in [0.05, 0.1) is 12.2 Å². The number of rotatable bonds is 2. The van der Waals surface area contributed by atoms with Gasteiger partial charge >= 0.3 is 5.97 Å². The number of carbonyl (C=O) groups excluding carboxylic acids is 1. The van der Waals surface area contributed by atoms with Crippen LogP contribution in [-0.2, 0) is 9.53 Å². The Hall–Kier alpha value is -1.79. The van der Waals surface area contributed by atoms with Crippen molar-refractivity contribution in [1.82, 2.24) is 0 Å². The highest BCUT2D eigenvalue weighted by molar-refractivity contribution is 5.83. The second kappa shape index (κ2) is 5.91. The van der Waals surface area contributed by atoms with Crippen molar-refractivity contribution < 1.29 is 14.6 Å². The van der Waals surface area contributed by atoms with E-state index in [0.717, 1.165) is 17.5 Å². The highest BCUT2D eigenvalue weighted by atomic mass is 16.5. The molecule has 1 saturated carbocycles. The van der Waals surface area contributed by atoms with E-state index < -0.39 is 17.0 Å². The van der Waals surface area contributed by atoms with Crippen molar-refractivity contribution in [3.8, 4) is 11.8 Å². The molecule has 2 rings (SSSR count). The molecule has 21 heavy (non-hydrogen) atoms. The number of benzene rings is 1. The van der Waals surface area contributed by atoms with Crippen LogP contribution in [0.25, 0.3) is 0 Å². The van der Waals surface area contributed by atoms with Crippen LogP contribution in [0.4, 0.5) is 0 Å². The Morgan fingerprint density at radius 2 is 2.00 bits per heavy atom. The molecule has 1 aromatic rings. The van der Waals surface area contributed by atoms with Crippen LogP contribution in [0.2, 0.25) is 0 Å². The fraction of sp³-hybridized carbons (Fsp3) is 0.500. The van der Waals surface area contributed by atoms with E-state index in [4.69, 9.17) is 4.74 Å². The fourth-order valence-corrected chi connectivity index (χ4v) is 2.82. The zero-order valence-corrected chi connectivity index (χ0v) is 12.9. The predicted molar refractivity (Wildman–Crippen MR) is 81.6 cm³/mol. The number of ether oxygens (including phenoxy) is 1. The molecule has 0 aliphatic heterocycles. The molecule has 1 aliphatic carbocycles. The lowest BCUT2D eigenvalue weighted by Crippen LogP contribution is -2.47. The van der Waals surface area contributed by atoms with Crippen molar-refractivity contribution in [3.05, 3.63) is 35.4 Å². The average molecular weight is 286 g/mol. The van der Waals surface area contributed by atoms with Crippen LogP contribution in [0.3, 0.4) is 0 Å². The number of hydrogen-bond acceptors (Lipinski definition) is 3. The average Bonchev–Trinajstić information content (AvgIpc) is 2.74. The van der Waals surface area contributed by atoms with Gasteiger partial charge in [0, 0.05) is 5.56 Å². The Morgan fingerprint density at radius 3 is 2.52 bits per heavy atom. The van der Waals surface area contributed by atoms with E-state index in [0.29, 0.717) is 19.4 Å². The molecule has 0 unspecified atom stereocenters. The summed E-state index contributed by atoms with van der Waals surface area (Å²) in [7, 11) is 0. The Morgan fingerprint density at radius 1 is 1.33 bits per heavy atom. The van der Waals surface area contributed by atoms with E-state index in [1.54, 1.807) is 13.8 Å². The summed E-state index contributed by atoms with van der Waals surface area (Å²) in [4.78, 5) is 12.4. The molecular formula is C18H22O3. The van der Waals surface area contributed by atoms with Crippen LogP contribution in [-0.4, -0.2) is 23.3 Å². The molecule has 0 saturated heterocycles. The van der Waals surface area contributed by atoms with E-state index in [1.807, 2.05) is 31.2 Å². The van der Waals surface area contributed by atoms with Crippen molar-refractivity contribution in [3.63, 3.8) is 0 Å². The minimum atomic E-state index is -1.14. The third-order valence-corrected chi connectivity index (χ3v) is 4.23. The van der Waals surface area contributed by atoms with Gasteiger partial charge in [0.2, 0.25) is 0 Å². The lowest BCUT2D eigenvalue weighted by Gasteiger charge is -2.33. The smallest absolute Gasteiger partial charge is 0.327 e. The zero-order valence-electron chi connectivity index (χ0n) is 12.9. The quantitative estimate of drug-likeness (QED) is 0.672. The van der Waals surface area contributed by atoms with Gasteiger partial charge in [-0.3, -0.25) is 4.79 Å². The first-order chi connectivity index (χ1) is 9.91. The van der Waals surface area contributed by atoms with Crippen molar-refractivity contribution in [2.75, 3.05) is 6.61 Å². The summed E-state index contributed by atoms with van der Waals surface area (Å²) in [6.07, 6.45) is 1.88.